The zero-order valence-corrected chi connectivity index (χ0v) is 22.0. The first-order valence-electron chi connectivity index (χ1n) is 13.0. The van der Waals surface area contributed by atoms with Crippen LogP contribution in [-0.2, 0) is 22.5 Å². The van der Waals surface area contributed by atoms with Crippen molar-refractivity contribution in [3.8, 4) is 0 Å². The molecule has 0 saturated carbocycles. The third-order valence-electron chi connectivity index (χ3n) is 8.25. The van der Waals surface area contributed by atoms with E-state index in [0.717, 1.165) is 62.3 Å². The summed E-state index contributed by atoms with van der Waals surface area (Å²) in [6.45, 7) is 6.98. The van der Waals surface area contributed by atoms with E-state index in [0.29, 0.717) is 18.5 Å². The lowest BCUT2D eigenvalue weighted by molar-refractivity contribution is -0.142. The fourth-order valence-electron chi connectivity index (χ4n) is 5.94. The maximum Gasteiger partial charge on any atom is 0.227 e. The van der Waals surface area contributed by atoms with Crippen LogP contribution >= 0.6 is 11.6 Å². The molecule has 0 bridgehead atoms. The van der Waals surface area contributed by atoms with Gasteiger partial charge in [-0.15, -0.1) is 0 Å². The van der Waals surface area contributed by atoms with Crippen LogP contribution in [0.3, 0.4) is 0 Å². The number of carbonyl (C=O) groups is 1. The molecule has 194 valence electrons. The summed E-state index contributed by atoms with van der Waals surface area (Å²) in [6, 6.07) is 5.40. The van der Waals surface area contributed by atoms with E-state index in [4.69, 9.17) is 21.3 Å². The highest BCUT2D eigenvalue weighted by atomic mass is 35.5. The molecule has 7 nitrogen and oxygen atoms in total. The summed E-state index contributed by atoms with van der Waals surface area (Å²) in [5.74, 6) is -0.0615. The van der Waals surface area contributed by atoms with E-state index in [9.17, 15) is 9.18 Å². The van der Waals surface area contributed by atoms with E-state index >= 15 is 0 Å². The average Bonchev–Trinajstić information content (AvgIpc) is 2.87. The molecule has 2 fully saturated rings. The van der Waals surface area contributed by atoms with Crippen molar-refractivity contribution < 1.29 is 13.9 Å². The minimum Gasteiger partial charge on any atom is -0.381 e. The van der Waals surface area contributed by atoms with Gasteiger partial charge in [0.05, 0.1) is 17.3 Å². The van der Waals surface area contributed by atoms with Crippen molar-refractivity contribution in [2.24, 2.45) is 5.92 Å². The second-order valence-electron chi connectivity index (χ2n) is 10.5. The molecule has 4 atom stereocenters. The first-order valence-corrected chi connectivity index (χ1v) is 13.3. The van der Waals surface area contributed by atoms with Gasteiger partial charge in [0.2, 0.25) is 11.9 Å². The van der Waals surface area contributed by atoms with Crippen LogP contribution in [0, 0.1) is 11.7 Å². The van der Waals surface area contributed by atoms with Gasteiger partial charge in [0.25, 0.3) is 0 Å². The molecule has 1 aromatic carbocycles. The van der Waals surface area contributed by atoms with Crippen LogP contribution in [0.2, 0.25) is 5.02 Å². The molecular formula is C27H35ClFN5O2. The van der Waals surface area contributed by atoms with Gasteiger partial charge in [-0.3, -0.25) is 4.79 Å². The summed E-state index contributed by atoms with van der Waals surface area (Å²) in [7, 11) is 2.06. The number of halogens is 2. The molecule has 36 heavy (non-hydrogen) atoms. The number of hydrogen-bond donors (Lipinski definition) is 1. The molecule has 9 heteroatoms. The molecular weight excluding hydrogens is 481 g/mol. The maximum atomic E-state index is 14.4. The number of hydrogen-bond acceptors (Lipinski definition) is 6. The van der Waals surface area contributed by atoms with Crippen LogP contribution in [0.1, 0.15) is 55.8 Å². The van der Waals surface area contributed by atoms with E-state index in [-0.39, 0.29) is 34.8 Å². The SMILES string of the molecule is CC1[C@@H](c2ccc(Cl)c(F)c2)[C@H](C(=O)N2Cc3nc(NC4CCOCC4)ncc3C[C@H]2C)CCN1C. The third kappa shape index (κ3) is 5.08. The van der Waals surface area contributed by atoms with Crippen molar-refractivity contribution in [1.82, 2.24) is 19.8 Å². The second kappa shape index (κ2) is 10.6. The molecule has 2 aromatic rings. The van der Waals surface area contributed by atoms with E-state index in [1.54, 1.807) is 6.07 Å². The van der Waals surface area contributed by atoms with E-state index in [1.165, 1.54) is 6.07 Å². The van der Waals surface area contributed by atoms with Crippen molar-refractivity contribution in [1.29, 1.82) is 0 Å². The Morgan fingerprint density at radius 1 is 1.22 bits per heavy atom. The molecule has 1 unspecified atom stereocenters. The Morgan fingerprint density at radius 3 is 2.75 bits per heavy atom. The summed E-state index contributed by atoms with van der Waals surface area (Å²) in [4.78, 5) is 27.7. The number of carbonyl (C=O) groups excluding carboxylic acids is 1. The molecule has 4 heterocycles. The van der Waals surface area contributed by atoms with Crippen molar-refractivity contribution in [3.05, 3.63) is 52.1 Å². The fourth-order valence-corrected chi connectivity index (χ4v) is 6.06. The fraction of sp³-hybridized carbons (Fsp3) is 0.593. The molecule has 0 radical (unpaired) electrons. The van der Waals surface area contributed by atoms with Crippen molar-refractivity contribution >= 4 is 23.5 Å². The Balaban J connectivity index is 1.38. The quantitative estimate of drug-likeness (QED) is 0.656. The molecule has 5 rings (SSSR count). The van der Waals surface area contributed by atoms with Gasteiger partial charge in [-0.25, -0.2) is 14.4 Å². The summed E-state index contributed by atoms with van der Waals surface area (Å²) in [5, 5.41) is 3.54. The Kier molecular flexibility index (Phi) is 7.47. The van der Waals surface area contributed by atoms with Gasteiger partial charge < -0.3 is 19.9 Å². The predicted molar refractivity (Wildman–Crippen MR) is 138 cm³/mol. The minimum atomic E-state index is -0.442. The Labute approximate surface area is 217 Å². The van der Waals surface area contributed by atoms with Gasteiger partial charge in [0.15, 0.2) is 0 Å². The summed E-state index contributed by atoms with van der Waals surface area (Å²) >= 11 is 5.96. The number of likely N-dealkylation sites (N-methyl/N-ethyl adjacent to an activating group) is 1. The molecule has 1 N–H and O–H groups in total. The lowest BCUT2D eigenvalue weighted by Gasteiger charge is -2.45. The van der Waals surface area contributed by atoms with Gasteiger partial charge >= 0.3 is 0 Å². The zero-order valence-electron chi connectivity index (χ0n) is 21.2. The number of fused-ring (bicyclic) bond motifs is 1. The van der Waals surface area contributed by atoms with Gasteiger partial charge in [-0.1, -0.05) is 17.7 Å². The summed E-state index contributed by atoms with van der Waals surface area (Å²) in [6.07, 6.45) is 5.22. The lowest BCUT2D eigenvalue weighted by Crippen LogP contribution is -2.52. The van der Waals surface area contributed by atoms with Crippen molar-refractivity contribution in [2.75, 3.05) is 32.1 Å². The first-order chi connectivity index (χ1) is 17.3. The number of likely N-dealkylation sites (tertiary alicyclic amines) is 1. The molecule has 1 amide bonds. The minimum absolute atomic E-state index is 0.0421. The van der Waals surface area contributed by atoms with Gasteiger partial charge in [0, 0.05) is 49.4 Å². The highest BCUT2D eigenvalue weighted by Crippen LogP contribution is 2.40. The van der Waals surface area contributed by atoms with E-state index < -0.39 is 5.82 Å². The second-order valence-corrected chi connectivity index (χ2v) is 10.9. The maximum absolute atomic E-state index is 14.4. The summed E-state index contributed by atoms with van der Waals surface area (Å²) < 4.78 is 19.9. The smallest absolute Gasteiger partial charge is 0.227 e. The molecule has 2 saturated heterocycles. The van der Waals surface area contributed by atoms with Gasteiger partial charge in [-0.05, 0) is 76.4 Å². The molecule has 3 aliphatic rings. The Morgan fingerprint density at radius 2 is 2.00 bits per heavy atom. The number of nitrogens with one attached hydrogen (secondary N) is 1. The molecule has 3 aliphatic heterocycles. The topological polar surface area (TPSA) is 70.6 Å². The highest BCUT2D eigenvalue weighted by molar-refractivity contribution is 6.30. The zero-order chi connectivity index (χ0) is 25.4. The highest BCUT2D eigenvalue weighted by Gasteiger charge is 2.42. The van der Waals surface area contributed by atoms with E-state index in [1.807, 2.05) is 17.2 Å². The van der Waals surface area contributed by atoms with Crippen LogP contribution < -0.4 is 5.32 Å². The number of aromatic nitrogens is 2. The molecule has 1 aromatic heterocycles. The van der Waals surface area contributed by atoms with E-state index in [2.05, 4.69) is 36.1 Å². The number of piperidine rings is 1. The van der Waals surface area contributed by atoms with Crippen LogP contribution in [0.5, 0.6) is 0 Å². The predicted octanol–water partition coefficient (Wildman–Crippen LogP) is 4.26. The van der Waals surface area contributed by atoms with Crippen LogP contribution in [-0.4, -0.2) is 70.6 Å². The Bertz CT molecular complexity index is 1110. The third-order valence-corrected chi connectivity index (χ3v) is 8.55. The number of rotatable bonds is 4. The standard InChI is InChI=1S/C27H35ClFN5O2/c1-16-12-19-14-30-27(31-20-7-10-36-11-8-20)32-24(19)15-34(16)26(35)21-6-9-33(3)17(2)25(21)18-4-5-22(28)23(29)13-18/h4-5,13-14,16-17,20-21,25H,6-12,15H2,1-3H3,(H,30,31,32)/t16-,17?,21-,25+/m1/s1. The number of benzene rings is 1. The lowest BCUT2D eigenvalue weighted by atomic mass is 9.75. The first kappa shape index (κ1) is 25.4. The van der Waals surface area contributed by atoms with Crippen molar-refractivity contribution in [2.45, 2.75) is 70.1 Å². The van der Waals surface area contributed by atoms with Crippen LogP contribution in [0.15, 0.2) is 24.4 Å². The molecule has 0 aliphatic carbocycles. The monoisotopic (exact) mass is 515 g/mol. The largest absolute Gasteiger partial charge is 0.381 e. The van der Waals surface area contributed by atoms with Gasteiger partial charge in [0.1, 0.15) is 5.82 Å². The number of amides is 1. The summed E-state index contributed by atoms with van der Waals surface area (Å²) in [5.41, 5.74) is 2.82. The van der Waals surface area contributed by atoms with Crippen molar-refractivity contribution in [3.63, 3.8) is 0 Å². The normalized spacial score (nSPS) is 27.5. The van der Waals surface area contributed by atoms with Crippen LogP contribution in [0.25, 0.3) is 0 Å². The molecule has 0 spiro atoms. The Hall–Kier alpha value is -2.29. The van der Waals surface area contributed by atoms with Gasteiger partial charge in [-0.2, -0.15) is 0 Å². The number of nitrogens with zero attached hydrogens (tertiary/aromatic N) is 4. The van der Waals surface area contributed by atoms with Crippen LogP contribution in [0.4, 0.5) is 10.3 Å². The number of ether oxygens (including phenoxy) is 1. The number of anilines is 1. The average molecular weight is 516 g/mol.